The molecule has 2 aromatic heterocycles. The zero-order chi connectivity index (χ0) is 32.1. The van der Waals surface area contributed by atoms with Crippen molar-refractivity contribution in [2.45, 2.75) is 65.0 Å². The van der Waals surface area contributed by atoms with Crippen molar-refractivity contribution < 1.29 is 23.9 Å². The first kappa shape index (κ1) is 31.5. The van der Waals surface area contributed by atoms with Crippen LogP contribution < -0.4 is 16.0 Å². The molecule has 0 saturated carbocycles. The Hall–Kier alpha value is -4.97. The molecule has 3 amide bonds. The fourth-order valence-electron chi connectivity index (χ4n) is 5.15. The third-order valence-corrected chi connectivity index (χ3v) is 7.37. The first-order chi connectivity index (χ1) is 21.5. The number of hydrogen-bond acceptors (Lipinski definition) is 8. The lowest BCUT2D eigenvalue weighted by Gasteiger charge is -2.26. The summed E-state index contributed by atoms with van der Waals surface area (Å²) in [4.78, 5) is 47.2. The first-order valence-electron chi connectivity index (χ1n) is 14.9. The van der Waals surface area contributed by atoms with Crippen LogP contribution in [-0.4, -0.2) is 56.8 Å². The third kappa shape index (κ3) is 7.58. The van der Waals surface area contributed by atoms with Gasteiger partial charge in [0.25, 0.3) is 0 Å². The number of nitrogens with one attached hydrogen (secondary N) is 1. The van der Waals surface area contributed by atoms with Gasteiger partial charge in [0.2, 0.25) is 0 Å². The maximum absolute atomic E-state index is 13.8. The van der Waals surface area contributed by atoms with Crippen LogP contribution in [0.5, 0.6) is 0 Å². The van der Waals surface area contributed by atoms with E-state index < -0.39 is 23.5 Å². The summed E-state index contributed by atoms with van der Waals surface area (Å²) in [6.07, 6.45) is 4.92. The van der Waals surface area contributed by atoms with E-state index in [0.717, 1.165) is 30.4 Å². The van der Waals surface area contributed by atoms with E-state index in [1.807, 2.05) is 36.4 Å². The molecule has 1 saturated heterocycles. The van der Waals surface area contributed by atoms with Crippen molar-refractivity contribution in [3.05, 3.63) is 78.1 Å². The Morgan fingerprint density at radius 3 is 2.49 bits per heavy atom. The van der Waals surface area contributed by atoms with Gasteiger partial charge in [-0.15, -0.1) is 0 Å². The summed E-state index contributed by atoms with van der Waals surface area (Å²) >= 11 is 0. The fourth-order valence-corrected chi connectivity index (χ4v) is 5.15. The highest BCUT2D eigenvalue weighted by atomic mass is 16.6. The molecule has 236 valence electrons. The molecule has 0 spiro atoms. The monoisotopic (exact) mass is 613 g/mol. The molecule has 1 fully saturated rings. The number of anilines is 3. The number of nitrogens with two attached hydrogens (primary N) is 1. The highest BCUT2D eigenvalue weighted by Gasteiger charge is 2.27. The fraction of sp³-hybridized carbons (Fsp3) is 0.364. The number of carbonyl (C=O) groups excluding carboxylic acids is 3. The summed E-state index contributed by atoms with van der Waals surface area (Å²) in [6.45, 7) is 6.31. The number of fused-ring (bicyclic) bond motifs is 1. The van der Waals surface area contributed by atoms with Gasteiger partial charge in [-0.25, -0.2) is 14.5 Å². The lowest BCUT2D eigenvalue weighted by molar-refractivity contribution is -0.144. The molecule has 1 aliphatic rings. The molecule has 1 aliphatic heterocycles. The van der Waals surface area contributed by atoms with Gasteiger partial charge in [0.1, 0.15) is 16.9 Å². The van der Waals surface area contributed by atoms with Crippen molar-refractivity contribution in [2.24, 2.45) is 0 Å². The number of ether oxygens (including phenoxy) is 2. The molecule has 12 heteroatoms. The van der Waals surface area contributed by atoms with Crippen molar-refractivity contribution in [1.29, 1.82) is 0 Å². The molecule has 3 N–H and O–H groups in total. The molecule has 2 aromatic carbocycles. The van der Waals surface area contributed by atoms with Crippen LogP contribution in [0, 0.1) is 0 Å². The maximum Gasteiger partial charge on any atom is 0.414 e. The van der Waals surface area contributed by atoms with Crippen LogP contribution >= 0.6 is 0 Å². The highest BCUT2D eigenvalue weighted by Crippen LogP contribution is 2.32. The smallest absolute Gasteiger partial charge is 0.414 e. The minimum atomic E-state index is -0.835. The molecule has 3 heterocycles. The van der Waals surface area contributed by atoms with Crippen molar-refractivity contribution in [3.8, 4) is 0 Å². The van der Waals surface area contributed by atoms with E-state index in [1.54, 1.807) is 56.9 Å². The summed E-state index contributed by atoms with van der Waals surface area (Å²) < 4.78 is 13.1. The molecule has 1 unspecified atom stereocenters. The van der Waals surface area contributed by atoms with Crippen molar-refractivity contribution in [3.63, 3.8) is 0 Å². The molecular weight excluding hydrogens is 574 g/mol. The highest BCUT2D eigenvalue weighted by molar-refractivity contribution is 6.40. The molecular formula is C33H39N7O5. The van der Waals surface area contributed by atoms with E-state index >= 15 is 0 Å². The Morgan fingerprint density at radius 1 is 1.04 bits per heavy atom. The Morgan fingerprint density at radius 2 is 1.78 bits per heavy atom. The summed E-state index contributed by atoms with van der Waals surface area (Å²) in [5.74, 6) is -1.31. The number of nitrogens with zero attached hydrogens (tertiary/aromatic N) is 5. The van der Waals surface area contributed by atoms with Crippen molar-refractivity contribution in [2.75, 3.05) is 29.6 Å². The maximum atomic E-state index is 13.8. The van der Waals surface area contributed by atoms with E-state index in [-0.39, 0.29) is 25.1 Å². The van der Waals surface area contributed by atoms with Crippen LogP contribution in [0.3, 0.4) is 0 Å². The number of aromatic nitrogens is 3. The van der Waals surface area contributed by atoms with Gasteiger partial charge in [-0.3, -0.25) is 14.5 Å². The lowest BCUT2D eigenvalue weighted by atomic mass is 10.1. The van der Waals surface area contributed by atoms with Gasteiger partial charge in [-0.2, -0.15) is 5.10 Å². The number of pyridine rings is 1. The minimum absolute atomic E-state index is 0.111. The molecule has 0 radical (unpaired) electrons. The molecule has 5 rings (SSSR count). The Balaban J connectivity index is 1.40. The zero-order valence-corrected chi connectivity index (χ0v) is 26.0. The van der Waals surface area contributed by atoms with E-state index in [1.165, 1.54) is 16.0 Å². The predicted molar refractivity (Wildman–Crippen MR) is 171 cm³/mol. The van der Waals surface area contributed by atoms with E-state index in [2.05, 4.69) is 15.4 Å². The summed E-state index contributed by atoms with van der Waals surface area (Å²) in [7, 11) is 1.62. The molecule has 1 atom stereocenters. The van der Waals surface area contributed by atoms with Crippen LogP contribution in [0.1, 0.15) is 57.4 Å². The van der Waals surface area contributed by atoms with Crippen LogP contribution in [0.4, 0.5) is 22.0 Å². The van der Waals surface area contributed by atoms with Gasteiger partial charge < -0.3 is 25.4 Å². The van der Waals surface area contributed by atoms with Gasteiger partial charge in [0, 0.05) is 32.4 Å². The number of rotatable bonds is 7. The molecule has 4 aromatic rings. The lowest BCUT2D eigenvalue weighted by Crippen LogP contribution is -2.39. The van der Waals surface area contributed by atoms with Gasteiger partial charge in [0.15, 0.2) is 6.23 Å². The average Bonchev–Trinajstić information content (AvgIpc) is 3.48. The number of nitrogen functional groups attached to an aromatic ring is 1. The second-order valence-corrected chi connectivity index (χ2v) is 12.0. The topological polar surface area (TPSA) is 145 Å². The van der Waals surface area contributed by atoms with Crippen molar-refractivity contribution >= 4 is 46.0 Å². The molecule has 45 heavy (non-hydrogen) atoms. The standard InChI is InChI=1S/C33H39N7O5/c1-33(2,3)45-32(43)38(4)24-14-10-13-23(17-24)21-39(20-22-11-6-5-7-12-22)31(42)30(41)37-26-19-35-29(34)25-18-36-40(28(25)26)27-15-8-9-16-44-27/h5-7,10-14,17-19,27H,8-9,15-16,20-21H2,1-4H3,(H2,34,35)(H,37,41). The second-order valence-electron chi connectivity index (χ2n) is 12.0. The van der Waals surface area contributed by atoms with Crippen LogP contribution in [0.25, 0.3) is 10.9 Å². The quantitative estimate of drug-likeness (QED) is 0.269. The van der Waals surface area contributed by atoms with Gasteiger partial charge in [-0.05, 0) is 63.3 Å². The van der Waals surface area contributed by atoms with Gasteiger partial charge in [-0.1, -0.05) is 42.5 Å². The predicted octanol–water partition coefficient (Wildman–Crippen LogP) is 5.25. The van der Waals surface area contributed by atoms with E-state index in [9.17, 15) is 14.4 Å². The Bertz CT molecular complexity index is 1680. The van der Waals surface area contributed by atoms with Crippen LogP contribution in [-0.2, 0) is 32.2 Å². The van der Waals surface area contributed by atoms with E-state index in [4.69, 9.17) is 15.2 Å². The average molecular weight is 614 g/mol. The Labute approximate surface area is 262 Å². The number of carbonyl (C=O) groups is 3. The SMILES string of the molecule is CN(C(=O)OC(C)(C)C)c1cccc(CN(Cc2ccccc2)C(=O)C(=O)Nc2cnc(N)c3cnn(C4CCCCO4)c23)c1. The number of hydrogen-bond donors (Lipinski definition) is 2. The molecule has 0 aliphatic carbocycles. The van der Waals surface area contributed by atoms with Crippen molar-refractivity contribution in [1.82, 2.24) is 19.7 Å². The first-order valence-corrected chi connectivity index (χ1v) is 14.9. The minimum Gasteiger partial charge on any atom is -0.443 e. The van der Waals surface area contributed by atoms with Gasteiger partial charge >= 0.3 is 17.9 Å². The zero-order valence-electron chi connectivity index (χ0n) is 26.0. The second kappa shape index (κ2) is 13.3. The number of benzene rings is 2. The normalized spacial score (nSPS) is 15.0. The number of amides is 3. The Kier molecular flexibility index (Phi) is 9.33. The largest absolute Gasteiger partial charge is 0.443 e. The third-order valence-electron chi connectivity index (χ3n) is 7.37. The van der Waals surface area contributed by atoms with Crippen LogP contribution in [0.2, 0.25) is 0 Å². The summed E-state index contributed by atoms with van der Waals surface area (Å²) in [5, 5.41) is 7.80. The van der Waals surface area contributed by atoms with Gasteiger partial charge in [0.05, 0.1) is 23.5 Å². The summed E-state index contributed by atoms with van der Waals surface area (Å²) in [6, 6.07) is 16.6. The van der Waals surface area contributed by atoms with Crippen LogP contribution in [0.15, 0.2) is 67.0 Å². The molecule has 12 nitrogen and oxygen atoms in total. The molecule has 0 bridgehead atoms. The summed E-state index contributed by atoms with van der Waals surface area (Å²) in [5.41, 5.74) is 8.51. The van der Waals surface area contributed by atoms with E-state index in [0.29, 0.717) is 28.9 Å².